The first-order valence-corrected chi connectivity index (χ1v) is 8.02. The number of rotatable bonds is 4. The van der Waals surface area contributed by atoms with E-state index in [1.807, 2.05) is 0 Å². The molecule has 1 fully saturated rings. The molecule has 12 nitrogen and oxygen atoms in total. The maximum Gasteiger partial charge on any atom is 0.469 e. The van der Waals surface area contributed by atoms with Gasteiger partial charge >= 0.3 is 19.8 Å². The summed E-state index contributed by atoms with van der Waals surface area (Å²) in [5, 5.41) is 0. The van der Waals surface area contributed by atoms with E-state index in [1.165, 1.54) is 0 Å². The molecule has 2 atom stereocenters. The SMILES string of the molecule is NC1=NC(=O)C2=NC(=O)N([C@H]3CC[C@@H](COP(=O)(O)O)O3)C2=N1. The third-order valence-corrected chi connectivity index (χ3v) is 3.78. The van der Waals surface area contributed by atoms with Gasteiger partial charge in [0.15, 0.2) is 11.5 Å². The van der Waals surface area contributed by atoms with E-state index in [-0.39, 0.29) is 24.1 Å². The summed E-state index contributed by atoms with van der Waals surface area (Å²) in [5.41, 5.74) is 5.21. The lowest BCUT2D eigenvalue weighted by Gasteiger charge is -2.24. The fourth-order valence-electron chi connectivity index (χ4n) is 2.38. The van der Waals surface area contributed by atoms with Crippen molar-refractivity contribution in [2.45, 2.75) is 25.2 Å². The number of nitrogens with zero attached hydrogens (tertiary/aromatic N) is 4. The minimum Gasteiger partial charge on any atom is -0.368 e. The number of aliphatic imine (C=N–C) groups is 3. The van der Waals surface area contributed by atoms with Crippen LogP contribution < -0.4 is 5.73 Å². The van der Waals surface area contributed by atoms with E-state index in [4.69, 9.17) is 20.3 Å². The quantitative estimate of drug-likeness (QED) is 0.528. The van der Waals surface area contributed by atoms with Crippen molar-refractivity contribution in [3.63, 3.8) is 0 Å². The fourth-order valence-corrected chi connectivity index (χ4v) is 2.74. The standard InChI is InChI=1S/C10H12N5O7P/c11-9-13-7-6(8(16)14-9)12-10(17)15(7)5-2-1-4(22-5)3-21-23(18,19)20/h4-5H,1-3H2,(H2,11,14,16)(H2,18,19,20)/t4-,5+/m0/s1. The van der Waals surface area contributed by atoms with Crippen molar-refractivity contribution in [1.82, 2.24) is 4.90 Å². The van der Waals surface area contributed by atoms with Crippen LogP contribution in [0.1, 0.15) is 12.8 Å². The number of guanidine groups is 1. The second-order valence-electron chi connectivity index (χ2n) is 4.90. The highest BCUT2D eigenvalue weighted by Crippen LogP contribution is 2.37. The van der Waals surface area contributed by atoms with Crippen LogP contribution in [-0.4, -0.2) is 63.1 Å². The van der Waals surface area contributed by atoms with Gasteiger partial charge in [0.25, 0.3) is 0 Å². The summed E-state index contributed by atoms with van der Waals surface area (Å²) in [6.07, 6.45) is -0.648. The largest absolute Gasteiger partial charge is 0.469 e. The van der Waals surface area contributed by atoms with Crippen molar-refractivity contribution in [2.75, 3.05) is 6.61 Å². The van der Waals surface area contributed by atoms with E-state index >= 15 is 0 Å². The van der Waals surface area contributed by atoms with E-state index < -0.39 is 32.1 Å². The minimum atomic E-state index is -4.60. The first-order valence-electron chi connectivity index (χ1n) is 6.49. The zero-order valence-electron chi connectivity index (χ0n) is 11.5. The van der Waals surface area contributed by atoms with E-state index in [2.05, 4.69) is 19.5 Å². The Bertz CT molecular complexity index is 710. The van der Waals surface area contributed by atoms with Crippen LogP contribution in [0.2, 0.25) is 0 Å². The van der Waals surface area contributed by atoms with Crippen molar-refractivity contribution in [1.29, 1.82) is 0 Å². The monoisotopic (exact) mass is 345 g/mol. The minimum absolute atomic E-state index is 0.0333. The zero-order chi connectivity index (χ0) is 16.8. The van der Waals surface area contributed by atoms with Crippen molar-refractivity contribution < 1.29 is 33.2 Å². The van der Waals surface area contributed by atoms with Crippen LogP contribution in [-0.2, 0) is 18.6 Å². The normalized spacial score (nSPS) is 27.7. The van der Waals surface area contributed by atoms with Gasteiger partial charge < -0.3 is 20.3 Å². The summed E-state index contributed by atoms with van der Waals surface area (Å²) < 4.78 is 20.6. The van der Waals surface area contributed by atoms with Gasteiger partial charge in [-0.05, 0) is 12.8 Å². The van der Waals surface area contributed by atoms with Crippen molar-refractivity contribution in [3.05, 3.63) is 0 Å². The van der Waals surface area contributed by atoms with Crippen LogP contribution in [0, 0.1) is 0 Å². The summed E-state index contributed by atoms with van der Waals surface area (Å²) >= 11 is 0. The van der Waals surface area contributed by atoms with Crippen LogP contribution in [0.5, 0.6) is 0 Å². The number of nitrogens with two attached hydrogens (primary N) is 1. The highest BCUT2D eigenvalue weighted by atomic mass is 31.2. The molecule has 23 heavy (non-hydrogen) atoms. The van der Waals surface area contributed by atoms with Crippen molar-refractivity contribution >= 4 is 37.3 Å². The lowest BCUT2D eigenvalue weighted by molar-refractivity contribution is -0.111. The molecule has 3 aliphatic heterocycles. The van der Waals surface area contributed by atoms with Gasteiger partial charge in [0, 0.05) is 0 Å². The Morgan fingerprint density at radius 2 is 2.04 bits per heavy atom. The molecule has 124 valence electrons. The Morgan fingerprint density at radius 1 is 1.30 bits per heavy atom. The van der Waals surface area contributed by atoms with Gasteiger partial charge in [-0.1, -0.05) is 0 Å². The molecule has 0 aromatic rings. The van der Waals surface area contributed by atoms with E-state index in [9.17, 15) is 14.2 Å². The zero-order valence-corrected chi connectivity index (χ0v) is 12.4. The number of ether oxygens (including phenoxy) is 1. The van der Waals surface area contributed by atoms with Crippen LogP contribution in [0.4, 0.5) is 4.79 Å². The Morgan fingerprint density at radius 3 is 2.74 bits per heavy atom. The highest BCUT2D eigenvalue weighted by Gasteiger charge is 2.44. The molecule has 4 N–H and O–H groups in total. The molecule has 0 spiro atoms. The Labute approximate surface area is 128 Å². The third kappa shape index (κ3) is 3.21. The number of carbonyl (C=O) groups is 2. The second kappa shape index (κ2) is 5.58. The first-order chi connectivity index (χ1) is 10.7. The van der Waals surface area contributed by atoms with E-state index in [0.717, 1.165) is 4.90 Å². The van der Waals surface area contributed by atoms with E-state index in [1.54, 1.807) is 0 Å². The molecule has 3 rings (SSSR count). The molecule has 3 amide bonds. The summed E-state index contributed by atoms with van der Waals surface area (Å²) in [5.74, 6) is -1.08. The Kier molecular flexibility index (Phi) is 3.86. The molecule has 0 unspecified atom stereocenters. The number of amides is 3. The van der Waals surface area contributed by atoms with Crippen molar-refractivity contribution in [2.24, 2.45) is 20.7 Å². The number of fused-ring (bicyclic) bond motifs is 1. The maximum absolute atomic E-state index is 12.0. The Balaban J connectivity index is 1.71. The van der Waals surface area contributed by atoms with Crippen LogP contribution in [0.15, 0.2) is 15.0 Å². The average Bonchev–Trinajstić information content (AvgIpc) is 2.99. The topological polar surface area (TPSA) is 176 Å². The molecule has 0 aliphatic carbocycles. The predicted octanol–water partition coefficient (Wildman–Crippen LogP) is -1.27. The van der Waals surface area contributed by atoms with Gasteiger partial charge in [-0.2, -0.15) is 15.0 Å². The lowest BCUT2D eigenvalue weighted by atomic mass is 10.2. The summed E-state index contributed by atoms with van der Waals surface area (Å²) in [6, 6.07) is -0.737. The molecule has 13 heteroatoms. The number of carbonyl (C=O) groups excluding carboxylic acids is 2. The number of phosphoric ester groups is 1. The highest BCUT2D eigenvalue weighted by molar-refractivity contribution is 7.46. The number of hydrogen-bond donors (Lipinski definition) is 3. The number of urea groups is 1. The molecular weight excluding hydrogens is 333 g/mol. The summed E-state index contributed by atoms with van der Waals surface area (Å²) in [6.45, 7) is -0.328. The van der Waals surface area contributed by atoms with Crippen LogP contribution >= 0.6 is 7.82 Å². The molecule has 1 saturated heterocycles. The van der Waals surface area contributed by atoms with Crippen molar-refractivity contribution in [3.8, 4) is 0 Å². The lowest BCUT2D eigenvalue weighted by Crippen LogP contribution is -2.45. The summed E-state index contributed by atoms with van der Waals surface area (Å²) in [7, 11) is -4.60. The van der Waals surface area contributed by atoms with Gasteiger partial charge in [0.2, 0.25) is 5.96 Å². The molecular formula is C10H12N5O7P. The second-order valence-corrected chi connectivity index (χ2v) is 6.14. The van der Waals surface area contributed by atoms with Crippen LogP contribution in [0.25, 0.3) is 0 Å². The van der Waals surface area contributed by atoms with Gasteiger partial charge in [-0.15, -0.1) is 0 Å². The van der Waals surface area contributed by atoms with Gasteiger partial charge in [0.05, 0.1) is 12.7 Å². The Hall–Kier alpha value is -1.98. The predicted molar refractivity (Wildman–Crippen MR) is 74.6 cm³/mol. The van der Waals surface area contributed by atoms with Gasteiger partial charge in [-0.25, -0.2) is 14.3 Å². The first kappa shape index (κ1) is 15.9. The van der Waals surface area contributed by atoms with Gasteiger partial charge in [-0.3, -0.25) is 9.32 Å². The number of hydrogen-bond acceptors (Lipinski definition) is 7. The van der Waals surface area contributed by atoms with Gasteiger partial charge in [0.1, 0.15) is 6.23 Å². The van der Waals surface area contributed by atoms with Crippen LogP contribution in [0.3, 0.4) is 0 Å². The third-order valence-electron chi connectivity index (χ3n) is 3.29. The average molecular weight is 345 g/mol. The molecule has 0 bridgehead atoms. The molecule has 0 saturated carbocycles. The number of phosphoric acid groups is 1. The number of amidine groups is 1. The molecule has 3 aliphatic rings. The fraction of sp³-hybridized carbons (Fsp3) is 0.500. The molecule has 0 aromatic heterocycles. The molecule has 3 heterocycles. The molecule has 0 radical (unpaired) electrons. The maximum atomic E-state index is 12.0. The smallest absolute Gasteiger partial charge is 0.368 e. The summed E-state index contributed by atoms with van der Waals surface area (Å²) in [4.78, 5) is 52.9. The van der Waals surface area contributed by atoms with E-state index in [0.29, 0.717) is 12.8 Å². The molecule has 0 aromatic carbocycles.